The van der Waals surface area contributed by atoms with Gasteiger partial charge in [0.25, 0.3) is 5.91 Å². The van der Waals surface area contributed by atoms with E-state index in [1.165, 1.54) is 11.3 Å². The topological polar surface area (TPSA) is 81.4 Å². The van der Waals surface area contributed by atoms with E-state index in [-0.39, 0.29) is 5.91 Å². The Morgan fingerprint density at radius 3 is 2.71 bits per heavy atom. The van der Waals surface area contributed by atoms with Gasteiger partial charge >= 0.3 is 0 Å². The number of nitrogens with zero attached hydrogens (tertiary/aromatic N) is 4. The molecule has 1 N–H and O–H groups in total. The molecular formula is C19H16BrN5O2S. The monoisotopic (exact) mass is 457 g/mol. The van der Waals surface area contributed by atoms with E-state index in [0.29, 0.717) is 17.0 Å². The summed E-state index contributed by atoms with van der Waals surface area (Å²) in [5, 5.41) is 16.6. The van der Waals surface area contributed by atoms with Crippen LogP contribution >= 0.6 is 27.3 Å². The first kappa shape index (κ1) is 18.6. The van der Waals surface area contributed by atoms with Gasteiger partial charge < -0.3 is 10.1 Å². The van der Waals surface area contributed by atoms with Crippen LogP contribution in [0.5, 0.6) is 5.75 Å². The molecule has 7 nitrogen and oxygen atoms in total. The first-order valence-corrected chi connectivity index (χ1v) is 10.2. The van der Waals surface area contributed by atoms with Crippen molar-refractivity contribution >= 4 is 43.8 Å². The third kappa shape index (κ3) is 3.50. The smallest absolute Gasteiger partial charge is 0.259 e. The second kappa shape index (κ2) is 7.69. The van der Waals surface area contributed by atoms with Gasteiger partial charge in [0.1, 0.15) is 10.8 Å². The Hall–Kier alpha value is -2.78. The van der Waals surface area contributed by atoms with Crippen molar-refractivity contribution in [2.24, 2.45) is 0 Å². The molecule has 0 saturated carbocycles. The van der Waals surface area contributed by atoms with Gasteiger partial charge in [0.2, 0.25) is 4.96 Å². The van der Waals surface area contributed by atoms with Crippen LogP contribution in [0.3, 0.4) is 0 Å². The highest BCUT2D eigenvalue weighted by Crippen LogP contribution is 2.28. The van der Waals surface area contributed by atoms with Gasteiger partial charge in [-0.2, -0.15) is 9.61 Å². The zero-order valence-electron chi connectivity index (χ0n) is 15.1. The average molecular weight is 458 g/mol. The number of carbonyl (C=O) groups excluding carboxylic acids is 1. The van der Waals surface area contributed by atoms with Crippen LogP contribution in [0.1, 0.15) is 23.1 Å². The predicted octanol–water partition coefficient (Wildman–Crippen LogP) is 4.44. The first-order valence-electron chi connectivity index (χ1n) is 8.55. The van der Waals surface area contributed by atoms with E-state index < -0.39 is 0 Å². The van der Waals surface area contributed by atoms with Crippen LogP contribution in [0, 0.1) is 0 Å². The zero-order chi connectivity index (χ0) is 19.7. The number of anilines is 1. The number of ether oxygens (including phenoxy) is 1. The molecule has 0 aliphatic heterocycles. The number of fused-ring (bicyclic) bond motifs is 1. The highest BCUT2D eigenvalue weighted by molar-refractivity contribution is 9.10. The number of halogens is 1. The number of aromatic nitrogens is 4. The van der Waals surface area contributed by atoms with Crippen molar-refractivity contribution < 1.29 is 9.53 Å². The van der Waals surface area contributed by atoms with Crippen LogP contribution in [-0.4, -0.2) is 32.8 Å². The summed E-state index contributed by atoms with van der Waals surface area (Å²) in [6, 6.07) is 12.8. The van der Waals surface area contributed by atoms with Gasteiger partial charge in [0.15, 0.2) is 5.82 Å². The third-order valence-corrected chi connectivity index (χ3v) is 5.61. The number of amides is 1. The Labute approximate surface area is 173 Å². The molecule has 4 aromatic rings. The molecule has 0 saturated heterocycles. The van der Waals surface area contributed by atoms with Crippen molar-refractivity contribution in [3.63, 3.8) is 0 Å². The Morgan fingerprint density at radius 2 is 2.00 bits per heavy atom. The van der Waals surface area contributed by atoms with E-state index in [9.17, 15) is 4.79 Å². The van der Waals surface area contributed by atoms with Crippen molar-refractivity contribution in [2.75, 3.05) is 12.4 Å². The van der Waals surface area contributed by atoms with E-state index in [4.69, 9.17) is 4.74 Å². The lowest BCUT2D eigenvalue weighted by Crippen LogP contribution is -2.13. The maximum Gasteiger partial charge on any atom is 0.259 e. The molecule has 0 aliphatic rings. The second-order valence-electron chi connectivity index (χ2n) is 5.95. The number of nitrogens with one attached hydrogen (secondary N) is 1. The summed E-state index contributed by atoms with van der Waals surface area (Å²) in [7, 11) is 1.54. The number of aryl methyl sites for hydroxylation is 1. The number of benzene rings is 2. The highest BCUT2D eigenvalue weighted by Gasteiger charge is 2.14. The van der Waals surface area contributed by atoms with Crippen molar-refractivity contribution in [3.05, 3.63) is 58.3 Å². The molecule has 9 heteroatoms. The van der Waals surface area contributed by atoms with Crippen molar-refractivity contribution in [1.29, 1.82) is 0 Å². The number of hydrogen-bond acceptors (Lipinski definition) is 6. The minimum Gasteiger partial charge on any atom is -0.496 e. The fourth-order valence-electron chi connectivity index (χ4n) is 2.75. The Kier molecular flexibility index (Phi) is 5.10. The molecule has 0 radical (unpaired) electrons. The predicted molar refractivity (Wildman–Crippen MR) is 112 cm³/mol. The maximum atomic E-state index is 12.6. The van der Waals surface area contributed by atoms with Gasteiger partial charge in [-0.3, -0.25) is 4.79 Å². The number of rotatable bonds is 5. The molecule has 2 aromatic carbocycles. The lowest BCUT2D eigenvalue weighted by Gasteiger charge is -2.10. The zero-order valence-corrected chi connectivity index (χ0v) is 17.5. The molecule has 0 aliphatic carbocycles. The third-order valence-electron chi connectivity index (χ3n) is 4.17. The van der Waals surface area contributed by atoms with Gasteiger partial charge in [-0.25, -0.2) is 0 Å². The van der Waals surface area contributed by atoms with Gasteiger partial charge in [-0.05, 0) is 42.5 Å². The van der Waals surface area contributed by atoms with Gasteiger partial charge in [-0.15, -0.1) is 10.2 Å². The molecule has 2 heterocycles. The molecule has 1 amide bonds. The molecule has 0 fully saturated rings. The average Bonchev–Trinajstić information content (AvgIpc) is 3.29. The minimum atomic E-state index is -0.239. The molecule has 0 bridgehead atoms. The summed E-state index contributed by atoms with van der Waals surface area (Å²) >= 11 is 4.86. The normalized spacial score (nSPS) is 11.0. The van der Waals surface area contributed by atoms with E-state index in [1.54, 1.807) is 23.8 Å². The Balaban J connectivity index is 1.55. The fraction of sp³-hybridized carbons (Fsp3) is 0.158. The molecular weight excluding hydrogens is 442 g/mol. The molecule has 2 aromatic heterocycles. The molecule has 0 atom stereocenters. The number of methoxy groups -OCH3 is 1. The SMILES string of the molecule is CCc1nnc2sc(-c3ccc(NC(=O)c4cc(Br)ccc4OC)cc3)nn12. The van der Waals surface area contributed by atoms with Crippen LogP contribution in [-0.2, 0) is 6.42 Å². The summed E-state index contributed by atoms with van der Waals surface area (Å²) in [6.45, 7) is 2.02. The van der Waals surface area contributed by atoms with Crippen LogP contribution in [0.4, 0.5) is 5.69 Å². The molecule has 4 rings (SSSR count). The number of hydrogen-bond donors (Lipinski definition) is 1. The van der Waals surface area contributed by atoms with Crippen LogP contribution in [0.25, 0.3) is 15.5 Å². The fourth-order valence-corrected chi connectivity index (χ4v) is 3.97. The maximum absolute atomic E-state index is 12.6. The van der Waals surface area contributed by atoms with Crippen LogP contribution in [0.2, 0.25) is 0 Å². The molecule has 0 spiro atoms. The summed E-state index contributed by atoms with van der Waals surface area (Å²) in [5.41, 5.74) is 2.10. The lowest BCUT2D eigenvalue weighted by molar-refractivity contribution is 0.102. The van der Waals surface area contributed by atoms with Crippen molar-refractivity contribution in [2.45, 2.75) is 13.3 Å². The Bertz CT molecular complexity index is 1150. The minimum absolute atomic E-state index is 0.239. The van der Waals surface area contributed by atoms with Gasteiger partial charge in [-0.1, -0.05) is 34.2 Å². The van der Waals surface area contributed by atoms with Gasteiger partial charge in [0, 0.05) is 22.1 Å². The van der Waals surface area contributed by atoms with Crippen molar-refractivity contribution in [3.8, 4) is 16.3 Å². The second-order valence-corrected chi connectivity index (χ2v) is 7.82. The van der Waals surface area contributed by atoms with E-state index >= 15 is 0 Å². The van der Waals surface area contributed by atoms with Crippen LogP contribution < -0.4 is 10.1 Å². The quantitative estimate of drug-likeness (QED) is 0.478. The van der Waals surface area contributed by atoms with E-state index in [1.807, 2.05) is 37.3 Å². The first-order chi connectivity index (χ1) is 13.6. The Morgan fingerprint density at radius 1 is 1.21 bits per heavy atom. The standard InChI is InChI=1S/C19H16BrN5O2S/c1-3-16-22-23-19-25(16)24-18(28-19)11-4-7-13(8-5-11)21-17(26)14-10-12(20)6-9-15(14)27-2/h4-10H,3H2,1-2H3,(H,21,26). The van der Waals surface area contributed by atoms with Gasteiger partial charge in [0.05, 0.1) is 12.7 Å². The van der Waals surface area contributed by atoms with E-state index in [2.05, 4.69) is 36.5 Å². The summed E-state index contributed by atoms with van der Waals surface area (Å²) in [6.07, 6.45) is 0.772. The largest absolute Gasteiger partial charge is 0.496 e. The summed E-state index contributed by atoms with van der Waals surface area (Å²) < 4.78 is 7.86. The molecule has 0 unspecified atom stereocenters. The lowest BCUT2D eigenvalue weighted by atomic mass is 10.1. The number of carbonyl (C=O) groups is 1. The van der Waals surface area contributed by atoms with E-state index in [0.717, 1.165) is 32.2 Å². The summed E-state index contributed by atoms with van der Waals surface area (Å²) in [5.74, 6) is 1.12. The summed E-state index contributed by atoms with van der Waals surface area (Å²) in [4.78, 5) is 13.4. The highest BCUT2D eigenvalue weighted by atomic mass is 79.9. The molecule has 28 heavy (non-hydrogen) atoms. The van der Waals surface area contributed by atoms with Crippen LogP contribution in [0.15, 0.2) is 46.9 Å². The van der Waals surface area contributed by atoms with Crippen molar-refractivity contribution in [1.82, 2.24) is 19.8 Å². The molecule has 142 valence electrons.